The molecule has 0 fully saturated rings. The van der Waals surface area contributed by atoms with Crippen LogP contribution in [-0.2, 0) is 0 Å². The highest BCUT2D eigenvalue weighted by Gasteiger charge is 2.51. The Morgan fingerprint density at radius 2 is 0.536 bits per heavy atom. The average Bonchev–Trinajstić information content (AvgIpc) is 1.40. The molecule has 6 heterocycles. The molecule has 4 nitrogen and oxygen atoms in total. The van der Waals surface area contributed by atoms with Gasteiger partial charge in [0.1, 0.15) is 23.0 Å². The summed E-state index contributed by atoms with van der Waals surface area (Å²) in [6.07, 6.45) is 0. The Bertz CT molecular complexity index is 4960. The fourth-order valence-electron chi connectivity index (χ4n) is 14.9. The van der Waals surface area contributed by atoms with Crippen LogP contribution < -0.4 is 42.3 Å². The lowest BCUT2D eigenvalue weighted by atomic mass is 9.31. The van der Waals surface area contributed by atoms with E-state index >= 15 is 0 Å². The van der Waals surface area contributed by atoms with Crippen LogP contribution >= 0.6 is 0 Å². The van der Waals surface area contributed by atoms with Gasteiger partial charge in [0.2, 0.25) is 0 Å². The first-order valence-electron chi connectivity index (χ1n) is 29.1. The largest absolute Gasteiger partial charge is 0.456 e. The maximum Gasteiger partial charge on any atom is 0.256 e. The van der Waals surface area contributed by atoms with Gasteiger partial charge in [-0.1, -0.05) is 231 Å². The third-order valence-corrected chi connectivity index (χ3v) is 18.6. The maximum absolute atomic E-state index is 7.97. The molecule has 0 saturated heterocycles. The Morgan fingerprint density at radius 1 is 0.238 bits per heavy atom. The minimum atomic E-state index is -0.246. The lowest BCUT2D eigenvalue weighted by Gasteiger charge is -2.41. The molecule has 15 aromatic rings. The summed E-state index contributed by atoms with van der Waals surface area (Å²) in [6.45, 7) is -0.491. The smallest absolute Gasteiger partial charge is 0.256 e. The molecule has 0 amide bonds. The molecule has 0 aliphatic carbocycles. The Morgan fingerprint density at radius 3 is 0.881 bits per heavy atom. The van der Waals surface area contributed by atoms with Gasteiger partial charge in [0.15, 0.2) is 0 Å². The van der Waals surface area contributed by atoms with Crippen LogP contribution in [0.25, 0.3) is 122 Å². The van der Waals surface area contributed by atoms with Crippen molar-refractivity contribution in [2.45, 2.75) is 0 Å². The van der Waals surface area contributed by atoms with Crippen LogP contribution in [0.5, 0.6) is 23.0 Å². The first kappa shape index (κ1) is 45.9. The standard InChI is InChI=1S/C78H46B2N2O2/c1-7-19-47(20-8-1)53-33-37-67-59(39-53)61-41-57(51-27-15-5-16-28-51)43-65-73(61)81(67)75-71-78(84-69-45-55(31-35-63(69)79(65)71)49-23-11-3-12-24-49)76-72-77(75)83-70-46-56(50-25-13-4-14-26-50)32-36-64(70)80(72)66-44-58(52-29-17-6-18-30-52)42-62-60-40-54(48-21-9-2-10-22-48)34-38-68(60)82(76)74(62)66/h1-46H. The van der Waals surface area contributed by atoms with E-state index in [4.69, 9.17) is 9.47 Å². The number of rotatable bonds is 6. The van der Waals surface area contributed by atoms with Crippen LogP contribution in [0.2, 0.25) is 0 Å². The van der Waals surface area contributed by atoms with Crippen LogP contribution in [0.1, 0.15) is 0 Å². The van der Waals surface area contributed by atoms with Gasteiger partial charge in [0.25, 0.3) is 13.4 Å². The molecule has 13 aromatic carbocycles. The van der Waals surface area contributed by atoms with Crippen molar-refractivity contribution in [2.75, 3.05) is 0 Å². The normalized spacial score (nSPS) is 12.9. The molecule has 0 radical (unpaired) electrons. The number of ether oxygens (including phenoxy) is 2. The summed E-state index contributed by atoms with van der Waals surface area (Å²) in [5, 5.41) is 4.78. The van der Waals surface area contributed by atoms with Crippen molar-refractivity contribution in [3.8, 4) is 101 Å². The zero-order valence-corrected chi connectivity index (χ0v) is 45.4. The van der Waals surface area contributed by atoms with Gasteiger partial charge in [-0.15, -0.1) is 0 Å². The van der Waals surface area contributed by atoms with E-state index in [2.05, 4.69) is 288 Å². The van der Waals surface area contributed by atoms with Crippen molar-refractivity contribution in [3.63, 3.8) is 0 Å². The second-order valence-electron chi connectivity index (χ2n) is 23.0. The number of fused-ring (bicyclic) bond motifs is 16. The molecule has 0 unspecified atom stereocenters. The number of aromatic nitrogens is 2. The van der Waals surface area contributed by atoms with Crippen molar-refractivity contribution in [3.05, 3.63) is 279 Å². The Kier molecular flexibility index (Phi) is 9.48. The molecule has 0 saturated carbocycles. The van der Waals surface area contributed by atoms with E-state index in [0.717, 1.165) is 89.5 Å². The predicted molar refractivity (Wildman–Crippen MR) is 350 cm³/mol. The molecular formula is C78H46B2N2O2. The topological polar surface area (TPSA) is 28.3 Å². The summed E-state index contributed by atoms with van der Waals surface area (Å²) < 4.78 is 21.1. The Labute approximate surface area is 485 Å². The van der Waals surface area contributed by atoms with E-state index in [1.807, 2.05) is 0 Å². The van der Waals surface area contributed by atoms with Gasteiger partial charge in [0, 0.05) is 43.5 Å². The van der Waals surface area contributed by atoms with Crippen molar-refractivity contribution in [1.29, 1.82) is 0 Å². The summed E-state index contributed by atoms with van der Waals surface area (Å²) in [7, 11) is 0. The lowest BCUT2D eigenvalue weighted by molar-refractivity contribution is 0.472. The van der Waals surface area contributed by atoms with E-state index in [1.165, 1.54) is 88.0 Å². The van der Waals surface area contributed by atoms with E-state index in [0.29, 0.717) is 0 Å². The third-order valence-electron chi connectivity index (χ3n) is 18.6. The quantitative estimate of drug-likeness (QED) is 0.155. The first-order valence-corrected chi connectivity index (χ1v) is 29.1. The number of nitrogens with zero attached hydrogens (tertiary/aromatic N) is 2. The zero-order chi connectivity index (χ0) is 54.7. The van der Waals surface area contributed by atoms with Crippen molar-refractivity contribution < 1.29 is 9.47 Å². The third kappa shape index (κ3) is 6.45. The second-order valence-corrected chi connectivity index (χ2v) is 23.0. The zero-order valence-electron chi connectivity index (χ0n) is 45.4. The molecule has 4 aliphatic rings. The molecule has 0 atom stereocenters. The number of hydrogen-bond acceptors (Lipinski definition) is 2. The highest BCUT2D eigenvalue weighted by molar-refractivity contribution is 7.02. The molecule has 84 heavy (non-hydrogen) atoms. The van der Waals surface area contributed by atoms with Gasteiger partial charge < -0.3 is 18.6 Å². The highest BCUT2D eigenvalue weighted by atomic mass is 16.5. The van der Waals surface area contributed by atoms with E-state index in [-0.39, 0.29) is 13.4 Å². The summed E-state index contributed by atoms with van der Waals surface area (Å²) in [6, 6.07) is 103. The maximum atomic E-state index is 7.97. The van der Waals surface area contributed by atoms with Crippen LogP contribution in [0, 0.1) is 0 Å². The number of hydrogen-bond donors (Lipinski definition) is 0. The van der Waals surface area contributed by atoms with Gasteiger partial charge in [-0.05, 0) is 137 Å². The lowest BCUT2D eigenvalue weighted by Crippen LogP contribution is -2.63. The molecule has 6 heteroatoms. The fraction of sp³-hybridized carbons (Fsp3) is 0. The molecular weight excluding hydrogens is 1020 g/mol. The monoisotopic (exact) mass is 1060 g/mol. The molecule has 386 valence electrons. The predicted octanol–water partition coefficient (Wildman–Crippen LogP) is 15.8. The summed E-state index contributed by atoms with van der Waals surface area (Å²) in [4.78, 5) is 0. The Hall–Kier alpha value is -10.8. The fourth-order valence-corrected chi connectivity index (χ4v) is 14.9. The van der Waals surface area contributed by atoms with Gasteiger partial charge in [-0.25, -0.2) is 0 Å². The molecule has 19 rings (SSSR count). The van der Waals surface area contributed by atoms with Crippen LogP contribution in [0.3, 0.4) is 0 Å². The van der Waals surface area contributed by atoms with Crippen molar-refractivity contribution in [1.82, 2.24) is 9.13 Å². The van der Waals surface area contributed by atoms with Crippen LogP contribution in [0.4, 0.5) is 0 Å². The first-order chi connectivity index (χ1) is 41.7. The van der Waals surface area contributed by atoms with Crippen molar-refractivity contribution in [2.24, 2.45) is 0 Å². The summed E-state index contributed by atoms with van der Waals surface area (Å²) >= 11 is 0. The van der Waals surface area contributed by atoms with E-state index < -0.39 is 0 Å². The molecule has 0 N–H and O–H groups in total. The van der Waals surface area contributed by atoms with Gasteiger partial charge in [0.05, 0.1) is 22.4 Å². The highest BCUT2D eigenvalue weighted by Crippen LogP contribution is 2.50. The second kappa shape index (κ2) is 17.4. The van der Waals surface area contributed by atoms with Gasteiger partial charge >= 0.3 is 0 Å². The Balaban J connectivity index is 1.00. The van der Waals surface area contributed by atoms with Gasteiger partial charge in [-0.3, -0.25) is 0 Å². The minimum absolute atomic E-state index is 0.246. The average molecular weight is 1060 g/mol. The van der Waals surface area contributed by atoms with E-state index in [1.54, 1.807) is 0 Å². The summed E-state index contributed by atoms with van der Waals surface area (Å²) in [5.41, 5.74) is 27.5. The number of benzene rings is 13. The van der Waals surface area contributed by atoms with Crippen molar-refractivity contribution >= 4 is 89.8 Å². The molecule has 2 aromatic heterocycles. The minimum Gasteiger partial charge on any atom is -0.456 e. The molecule has 4 aliphatic heterocycles. The van der Waals surface area contributed by atoms with Crippen LogP contribution in [0.15, 0.2) is 279 Å². The van der Waals surface area contributed by atoms with E-state index in [9.17, 15) is 0 Å². The van der Waals surface area contributed by atoms with Crippen LogP contribution in [-0.4, -0.2) is 22.6 Å². The summed E-state index contributed by atoms with van der Waals surface area (Å²) in [5.74, 6) is 3.44. The molecule has 0 bridgehead atoms. The SMILES string of the molecule is c1ccc(-c2ccc3c(c2)Oc2c4c(c5c6c2-n2c7ccc(-c8ccccc8)cc7c7cc(-c8ccccc8)cc(c72)B6c2ccc(-c6ccccc6)cc2O5)-n2c5ccc(-c6ccccc6)cc5c5cc(-c6ccccc6)cc(c52)B34)cc1. The molecule has 0 spiro atoms. The van der Waals surface area contributed by atoms with Gasteiger partial charge in [-0.2, -0.15) is 0 Å².